The topological polar surface area (TPSA) is 58.4 Å². The molecule has 0 saturated carbocycles. The van der Waals surface area contributed by atoms with Gasteiger partial charge in [-0.25, -0.2) is 0 Å². The van der Waals surface area contributed by atoms with Crippen molar-refractivity contribution < 1.29 is 4.79 Å². The summed E-state index contributed by atoms with van der Waals surface area (Å²) in [5, 5.41) is 2.73. The second-order valence-corrected chi connectivity index (χ2v) is 4.49. The van der Waals surface area contributed by atoms with Gasteiger partial charge >= 0.3 is 0 Å². The summed E-state index contributed by atoms with van der Waals surface area (Å²) in [6.45, 7) is 1.77. The first-order valence-electron chi connectivity index (χ1n) is 6.01. The number of likely N-dealkylation sites (N-methyl/N-ethyl adjacent to an activating group) is 1. The van der Waals surface area contributed by atoms with Gasteiger partial charge in [-0.3, -0.25) is 9.69 Å². The van der Waals surface area contributed by atoms with Crippen LogP contribution in [0.5, 0.6) is 0 Å². The van der Waals surface area contributed by atoms with Gasteiger partial charge in [0.05, 0.1) is 6.04 Å². The number of hydrogen-bond acceptors (Lipinski definition) is 3. The van der Waals surface area contributed by atoms with Gasteiger partial charge in [-0.2, -0.15) is 0 Å². The monoisotopic (exact) mass is 269 g/mol. The Labute approximate surface area is 114 Å². The molecule has 0 spiro atoms. The van der Waals surface area contributed by atoms with E-state index in [0.717, 1.165) is 31.6 Å². The Morgan fingerprint density at radius 1 is 1.56 bits per heavy atom. The van der Waals surface area contributed by atoms with Crippen LogP contribution in [0.3, 0.4) is 0 Å². The minimum atomic E-state index is 0. The number of rotatable bonds is 3. The molecule has 0 radical (unpaired) electrons. The molecular weight excluding hydrogens is 250 g/mol. The lowest BCUT2D eigenvalue weighted by atomic mass is 10.1. The van der Waals surface area contributed by atoms with Gasteiger partial charge in [0.15, 0.2) is 0 Å². The van der Waals surface area contributed by atoms with Crippen LogP contribution in [0, 0.1) is 0 Å². The second-order valence-electron chi connectivity index (χ2n) is 4.49. The summed E-state index contributed by atoms with van der Waals surface area (Å²) < 4.78 is 0. The van der Waals surface area contributed by atoms with Crippen LogP contribution in [0.15, 0.2) is 24.3 Å². The number of hydrogen-bond donors (Lipinski definition) is 2. The van der Waals surface area contributed by atoms with Gasteiger partial charge in [0.1, 0.15) is 0 Å². The number of anilines is 1. The van der Waals surface area contributed by atoms with Crippen molar-refractivity contribution in [2.24, 2.45) is 0 Å². The van der Waals surface area contributed by atoms with Gasteiger partial charge in [0, 0.05) is 19.3 Å². The predicted octanol–water partition coefficient (Wildman–Crippen LogP) is 1.40. The van der Waals surface area contributed by atoms with Crippen molar-refractivity contribution in [2.45, 2.75) is 25.4 Å². The third kappa shape index (κ3) is 3.37. The van der Waals surface area contributed by atoms with Crippen LogP contribution in [0.25, 0.3) is 0 Å². The summed E-state index contributed by atoms with van der Waals surface area (Å²) in [4.78, 5) is 13.9. The number of amides is 1. The Morgan fingerprint density at radius 3 is 3.00 bits per heavy atom. The van der Waals surface area contributed by atoms with E-state index in [1.54, 1.807) is 7.05 Å². The molecule has 1 unspecified atom stereocenters. The lowest BCUT2D eigenvalue weighted by Crippen LogP contribution is -2.41. The molecule has 2 rings (SSSR count). The molecular formula is C13H20ClN3O. The highest BCUT2D eigenvalue weighted by Gasteiger charge is 2.29. The third-order valence-electron chi connectivity index (χ3n) is 3.25. The molecule has 4 nitrogen and oxygen atoms in total. The molecule has 5 heteroatoms. The standard InChI is InChI=1S/C13H19N3O.ClH/c1-15-13(17)12-6-3-7-16(12)9-10-4-2-5-11(14)8-10;/h2,4-5,8,12H,3,6-7,9,14H2,1H3,(H,15,17);1H. The first kappa shape index (κ1) is 14.8. The van der Waals surface area contributed by atoms with Crippen LogP contribution in [-0.2, 0) is 11.3 Å². The van der Waals surface area contributed by atoms with Crippen molar-refractivity contribution in [2.75, 3.05) is 19.3 Å². The molecule has 0 aliphatic carbocycles. The molecule has 1 fully saturated rings. The van der Waals surface area contributed by atoms with Gasteiger partial charge < -0.3 is 11.1 Å². The van der Waals surface area contributed by atoms with E-state index in [9.17, 15) is 4.79 Å². The number of halogens is 1. The number of carbonyl (C=O) groups is 1. The molecule has 1 heterocycles. The number of nitrogens with zero attached hydrogens (tertiary/aromatic N) is 1. The highest BCUT2D eigenvalue weighted by Crippen LogP contribution is 2.20. The fourth-order valence-corrected chi connectivity index (χ4v) is 2.40. The van der Waals surface area contributed by atoms with Gasteiger partial charge in [-0.15, -0.1) is 12.4 Å². The summed E-state index contributed by atoms with van der Waals surface area (Å²) in [6.07, 6.45) is 2.03. The molecule has 1 aliphatic rings. The molecule has 0 aromatic heterocycles. The van der Waals surface area contributed by atoms with E-state index in [4.69, 9.17) is 5.73 Å². The Kier molecular flexibility index (Phi) is 5.44. The van der Waals surface area contributed by atoms with E-state index in [1.807, 2.05) is 18.2 Å². The predicted molar refractivity (Wildman–Crippen MR) is 75.6 cm³/mol. The normalized spacial score (nSPS) is 19.3. The Morgan fingerprint density at radius 2 is 2.33 bits per heavy atom. The molecule has 1 aromatic rings. The van der Waals surface area contributed by atoms with E-state index in [1.165, 1.54) is 5.56 Å². The molecule has 0 bridgehead atoms. The van der Waals surface area contributed by atoms with E-state index < -0.39 is 0 Å². The molecule has 1 saturated heterocycles. The van der Waals surface area contributed by atoms with E-state index in [2.05, 4.69) is 16.3 Å². The number of likely N-dealkylation sites (tertiary alicyclic amines) is 1. The minimum absolute atomic E-state index is 0. The maximum Gasteiger partial charge on any atom is 0.237 e. The molecule has 100 valence electrons. The quantitative estimate of drug-likeness (QED) is 0.816. The first-order chi connectivity index (χ1) is 8.20. The Balaban J connectivity index is 0.00000162. The second kappa shape index (κ2) is 6.61. The van der Waals surface area contributed by atoms with Gasteiger partial charge in [0.25, 0.3) is 0 Å². The smallest absolute Gasteiger partial charge is 0.237 e. The zero-order chi connectivity index (χ0) is 12.3. The van der Waals surface area contributed by atoms with Crippen LogP contribution >= 0.6 is 12.4 Å². The van der Waals surface area contributed by atoms with Crippen LogP contribution in [0.2, 0.25) is 0 Å². The summed E-state index contributed by atoms with van der Waals surface area (Å²) in [7, 11) is 1.69. The summed E-state index contributed by atoms with van der Waals surface area (Å²) in [5.74, 6) is 0.117. The molecule has 1 amide bonds. The van der Waals surface area contributed by atoms with Crippen molar-refractivity contribution >= 4 is 24.0 Å². The maximum atomic E-state index is 11.7. The van der Waals surface area contributed by atoms with Gasteiger partial charge in [-0.1, -0.05) is 12.1 Å². The number of benzene rings is 1. The zero-order valence-electron chi connectivity index (χ0n) is 10.6. The highest BCUT2D eigenvalue weighted by atomic mass is 35.5. The highest BCUT2D eigenvalue weighted by molar-refractivity contribution is 5.85. The SMILES string of the molecule is CNC(=O)C1CCCN1Cc1cccc(N)c1.Cl. The molecule has 1 aromatic carbocycles. The van der Waals surface area contributed by atoms with Crippen molar-refractivity contribution in [3.63, 3.8) is 0 Å². The van der Waals surface area contributed by atoms with Crippen molar-refractivity contribution in [1.29, 1.82) is 0 Å². The van der Waals surface area contributed by atoms with E-state index in [-0.39, 0.29) is 24.4 Å². The average molecular weight is 270 g/mol. The minimum Gasteiger partial charge on any atom is -0.399 e. The number of nitrogens with one attached hydrogen (secondary N) is 1. The fourth-order valence-electron chi connectivity index (χ4n) is 2.40. The van der Waals surface area contributed by atoms with Crippen molar-refractivity contribution in [3.05, 3.63) is 29.8 Å². The first-order valence-corrected chi connectivity index (χ1v) is 6.01. The van der Waals surface area contributed by atoms with Gasteiger partial charge in [-0.05, 0) is 37.1 Å². The fraction of sp³-hybridized carbons (Fsp3) is 0.462. The number of carbonyl (C=O) groups excluding carboxylic acids is 1. The summed E-state index contributed by atoms with van der Waals surface area (Å²) in [5.41, 5.74) is 7.70. The summed E-state index contributed by atoms with van der Waals surface area (Å²) in [6, 6.07) is 7.87. The number of nitrogens with two attached hydrogens (primary N) is 1. The molecule has 3 N–H and O–H groups in total. The van der Waals surface area contributed by atoms with Crippen molar-refractivity contribution in [3.8, 4) is 0 Å². The van der Waals surface area contributed by atoms with Crippen LogP contribution in [0.1, 0.15) is 18.4 Å². The Hall–Kier alpha value is -1.26. The zero-order valence-corrected chi connectivity index (χ0v) is 11.4. The van der Waals surface area contributed by atoms with Crippen LogP contribution in [-0.4, -0.2) is 30.4 Å². The Bertz CT molecular complexity index is 411. The summed E-state index contributed by atoms with van der Waals surface area (Å²) >= 11 is 0. The van der Waals surface area contributed by atoms with E-state index in [0.29, 0.717) is 0 Å². The molecule has 1 atom stereocenters. The number of nitrogen functional groups attached to an aromatic ring is 1. The molecule has 1 aliphatic heterocycles. The average Bonchev–Trinajstić information content (AvgIpc) is 2.76. The lowest BCUT2D eigenvalue weighted by Gasteiger charge is -2.23. The van der Waals surface area contributed by atoms with Crippen LogP contribution in [0.4, 0.5) is 5.69 Å². The lowest BCUT2D eigenvalue weighted by molar-refractivity contribution is -0.125. The van der Waals surface area contributed by atoms with E-state index >= 15 is 0 Å². The van der Waals surface area contributed by atoms with Gasteiger partial charge in [0.2, 0.25) is 5.91 Å². The largest absolute Gasteiger partial charge is 0.399 e. The maximum absolute atomic E-state index is 11.7. The molecule has 18 heavy (non-hydrogen) atoms. The van der Waals surface area contributed by atoms with Crippen LogP contribution < -0.4 is 11.1 Å². The van der Waals surface area contributed by atoms with Crippen molar-refractivity contribution in [1.82, 2.24) is 10.2 Å². The third-order valence-corrected chi connectivity index (χ3v) is 3.25.